The molecule has 69 heavy (non-hydrogen) atoms. The lowest BCUT2D eigenvalue weighted by atomic mass is 10.1. The lowest BCUT2D eigenvalue weighted by Gasteiger charge is -2.18. The number of ether oxygens (including phenoxy) is 3. The number of rotatable bonds is 49. The Balaban J connectivity index is 4.60. The van der Waals surface area contributed by atoms with Gasteiger partial charge in [-0.1, -0.05) is 219 Å². The van der Waals surface area contributed by atoms with E-state index in [1.165, 1.54) is 89.9 Å². The number of hydrogen-bond acceptors (Lipinski definition) is 6. The zero-order chi connectivity index (χ0) is 50.0. The van der Waals surface area contributed by atoms with Crippen LogP contribution in [-0.2, 0) is 28.6 Å². The van der Waals surface area contributed by atoms with Gasteiger partial charge in [0.1, 0.15) is 13.2 Å². The second kappa shape index (κ2) is 56.4. The minimum atomic E-state index is -0.839. The van der Waals surface area contributed by atoms with Gasteiger partial charge in [-0.2, -0.15) is 0 Å². The summed E-state index contributed by atoms with van der Waals surface area (Å²) in [6, 6.07) is 0. The lowest BCUT2D eigenvalue weighted by Crippen LogP contribution is -2.30. The number of carbonyl (C=O) groups is 3. The van der Waals surface area contributed by atoms with Crippen molar-refractivity contribution in [3.63, 3.8) is 0 Å². The van der Waals surface area contributed by atoms with E-state index in [2.05, 4.69) is 142 Å². The second-order valence-electron chi connectivity index (χ2n) is 18.1. The Kier molecular flexibility index (Phi) is 53.0. The number of hydrogen-bond donors (Lipinski definition) is 0. The van der Waals surface area contributed by atoms with Gasteiger partial charge in [0.15, 0.2) is 6.10 Å². The summed E-state index contributed by atoms with van der Waals surface area (Å²) in [7, 11) is 0. The van der Waals surface area contributed by atoms with Gasteiger partial charge >= 0.3 is 17.9 Å². The van der Waals surface area contributed by atoms with Gasteiger partial charge in [0, 0.05) is 19.3 Å². The first-order chi connectivity index (χ1) is 34.0. The summed E-state index contributed by atoms with van der Waals surface area (Å²) < 4.78 is 16.7. The molecule has 0 saturated carbocycles. The van der Waals surface area contributed by atoms with Gasteiger partial charge < -0.3 is 14.2 Å². The molecule has 0 heterocycles. The van der Waals surface area contributed by atoms with Gasteiger partial charge in [-0.15, -0.1) is 0 Å². The van der Waals surface area contributed by atoms with Crippen molar-refractivity contribution in [2.45, 2.75) is 245 Å². The second-order valence-corrected chi connectivity index (χ2v) is 18.1. The van der Waals surface area contributed by atoms with Crippen LogP contribution in [0.5, 0.6) is 0 Å². The highest BCUT2D eigenvalue weighted by Gasteiger charge is 2.19. The van der Waals surface area contributed by atoms with E-state index in [1.807, 2.05) is 0 Å². The number of carbonyl (C=O) groups excluding carboxylic acids is 3. The molecule has 0 aliphatic rings. The van der Waals surface area contributed by atoms with Gasteiger partial charge in [0.05, 0.1) is 0 Å². The molecular formula is C63H102O6. The van der Waals surface area contributed by atoms with Crippen molar-refractivity contribution in [1.82, 2.24) is 0 Å². The molecule has 0 aliphatic heterocycles. The maximum Gasteiger partial charge on any atom is 0.306 e. The number of esters is 3. The molecule has 0 radical (unpaired) electrons. The summed E-state index contributed by atoms with van der Waals surface area (Å²) in [5.74, 6) is -1.06. The van der Waals surface area contributed by atoms with E-state index in [0.29, 0.717) is 19.3 Å². The molecule has 0 aromatic heterocycles. The molecular weight excluding hydrogens is 853 g/mol. The highest BCUT2D eigenvalue weighted by molar-refractivity contribution is 5.71. The number of allylic oxidation sites excluding steroid dienone is 20. The SMILES string of the molecule is CC/C=C\C/C=C\C/C=C\C/C=C\CCCCCCC(=O)OC[C@H](COC(=O)CCC/C=C\C/C=C\C/C=C\CCCCCCCC)OC(=O)CCC/C=C\C/C=C\C/C=C\CCCCCCCC. The molecule has 0 unspecified atom stereocenters. The van der Waals surface area contributed by atoms with E-state index < -0.39 is 6.10 Å². The fourth-order valence-corrected chi connectivity index (χ4v) is 7.23. The van der Waals surface area contributed by atoms with Gasteiger partial charge in [-0.05, 0) is 122 Å². The van der Waals surface area contributed by atoms with Crippen molar-refractivity contribution >= 4 is 17.9 Å². The Morgan fingerprint density at radius 2 is 0.580 bits per heavy atom. The molecule has 0 aliphatic carbocycles. The predicted octanol–water partition coefficient (Wildman–Crippen LogP) is 18.9. The minimum Gasteiger partial charge on any atom is -0.462 e. The van der Waals surface area contributed by atoms with Crippen molar-refractivity contribution < 1.29 is 28.6 Å². The average Bonchev–Trinajstić information content (AvgIpc) is 3.35. The fourth-order valence-electron chi connectivity index (χ4n) is 7.23. The van der Waals surface area contributed by atoms with Crippen LogP contribution >= 0.6 is 0 Å². The normalized spacial score (nSPS) is 13.0. The number of unbranched alkanes of at least 4 members (excludes halogenated alkanes) is 18. The first kappa shape index (κ1) is 64.8. The molecule has 0 rings (SSSR count). The van der Waals surface area contributed by atoms with E-state index in [4.69, 9.17) is 14.2 Å². The zero-order valence-electron chi connectivity index (χ0n) is 44.5. The maximum atomic E-state index is 12.8. The quantitative estimate of drug-likeness (QED) is 0.0262. The topological polar surface area (TPSA) is 78.9 Å². The summed E-state index contributed by atoms with van der Waals surface area (Å²) in [5, 5.41) is 0. The van der Waals surface area contributed by atoms with E-state index in [9.17, 15) is 14.4 Å². The van der Waals surface area contributed by atoms with Crippen LogP contribution in [0.3, 0.4) is 0 Å². The van der Waals surface area contributed by atoms with Crippen LogP contribution in [0.25, 0.3) is 0 Å². The molecule has 0 amide bonds. The molecule has 6 heteroatoms. The van der Waals surface area contributed by atoms with Crippen molar-refractivity contribution in [3.8, 4) is 0 Å². The molecule has 0 aromatic rings. The van der Waals surface area contributed by atoms with E-state index in [1.54, 1.807) is 0 Å². The van der Waals surface area contributed by atoms with Crippen molar-refractivity contribution in [2.24, 2.45) is 0 Å². The van der Waals surface area contributed by atoms with Gasteiger partial charge in [-0.3, -0.25) is 14.4 Å². The Bertz CT molecular complexity index is 1470. The molecule has 0 fully saturated rings. The van der Waals surface area contributed by atoms with Crippen LogP contribution < -0.4 is 0 Å². The first-order valence-corrected chi connectivity index (χ1v) is 28.0. The zero-order valence-corrected chi connectivity index (χ0v) is 44.5. The molecule has 0 N–H and O–H groups in total. The summed E-state index contributed by atoms with van der Waals surface area (Å²) in [5.41, 5.74) is 0. The monoisotopic (exact) mass is 955 g/mol. The summed E-state index contributed by atoms with van der Waals surface area (Å²) in [6.07, 6.45) is 77.7. The summed E-state index contributed by atoms with van der Waals surface area (Å²) in [6.45, 7) is 6.40. The Morgan fingerprint density at radius 1 is 0.304 bits per heavy atom. The lowest BCUT2D eigenvalue weighted by molar-refractivity contribution is -0.167. The largest absolute Gasteiger partial charge is 0.462 e. The van der Waals surface area contributed by atoms with Gasteiger partial charge in [0.2, 0.25) is 0 Å². The van der Waals surface area contributed by atoms with Crippen molar-refractivity contribution in [3.05, 3.63) is 122 Å². The van der Waals surface area contributed by atoms with Gasteiger partial charge in [0.25, 0.3) is 0 Å². The third kappa shape index (κ3) is 54.6. The van der Waals surface area contributed by atoms with Crippen LogP contribution in [0, 0.1) is 0 Å². The molecule has 390 valence electrons. The van der Waals surface area contributed by atoms with Crippen LogP contribution in [0.1, 0.15) is 239 Å². The highest BCUT2D eigenvalue weighted by Crippen LogP contribution is 2.12. The van der Waals surface area contributed by atoms with E-state index in [0.717, 1.165) is 96.3 Å². The smallest absolute Gasteiger partial charge is 0.306 e. The van der Waals surface area contributed by atoms with Crippen LogP contribution in [-0.4, -0.2) is 37.2 Å². The van der Waals surface area contributed by atoms with E-state index >= 15 is 0 Å². The molecule has 0 saturated heterocycles. The molecule has 0 bridgehead atoms. The van der Waals surface area contributed by atoms with Crippen molar-refractivity contribution in [2.75, 3.05) is 13.2 Å². The Hall–Kier alpha value is -4.19. The first-order valence-electron chi connectivity index (χ1n) is 28.0. The third-order valence-electron chi connectivity index (χ3n) is 11.4. The van der Waals surface area contributed by atoms with Gasteiger partial charge in [-0.25, -0.2) is 0 Å². The predicted molar refractivity (Wildman–Crippen MR) is 297 cm³/mol. The van der Waals surface area contributed by atoms with E-state index in [-0.39, 0.29) is 44.0 Å². The Morgan fingerprint density at radius 3 is 0.942 bits per heavy atom. The standard InChI is InChI=1S/C63H102O6/c1-4-7-10-13-16-19-22-25-28-31-34-37-40-43-46-49-52-55-61(64)67-58-60(69-63(66)57-54-51-48-45-42-39-36-33-30-27-24-21-18-15-12-9-6-3)59-68-62(65)56-53-50-47-44-41-38-35-32-29-26-23-20-17-14-11-8-5-2/h7,10,16,19,25-30,34-39,44-45,47-48,60H,4-6,8-9,11-15,17-18,20-24,31-33,40-43,46,49-59H2,1-3H3/b10-7-,19-16-,28-25-,29-26-,30-27-,37-34-,38-35-,39-36-,47-44-,48-45-/t60-/m1/s1. The molecule has 6 nitrogen and oxygen atoms in total. The average molecular weight is 956 g/mol. The third-order valence-corrected chi connectivity index (χ3v) is 11.4. The van der Waals surface area contributed by atoms with Crippen molar-refractivity contribution in [1.29, 1.82) is 0 Å². The molecule has 0 aromatic carbocycles. The minimum absolute atomic E-state index is 0.130. The highest BCUT2D eigenvalue weighted by atomic mass is 16.6. The Labute approximate surface area is 424 Å². The maximum absolute atomic E-state index is 12.8. The summed E-state index contributed by atoms with van der Waals surface area (Å²) >= 11 is 0. The van der Waals surface area contributed by atoms with Crippen LogP contribution in [0.2, 0.25) is 0 Å². The molecule has 0 spiro atoms. The fraction of sp³-hybridized carbons (Fsp3) is 0.635. The van der Waals surface area contributed by atoms with Crippen LogP contribution in [0.4, 0.5) is 0 Å². The summed E-state index contributed by atoms with van der Waals surface area (Å²) in [4.78, 5) is 38.1. The van der Waals surface area contributed by atoms with Crippen LogP contribution in [0.15, 0.2) is 122 Å². The molecule has 1 atom stereocenters.